The zero-order valence-corrected chi connectivity index (χ0v) is 11.7. The third kappa shape index (κ3) is 2.93. The summed E-state index contributed by atoms with van der Waals surface area (Å²) in [7, 11) is 0. The van der Waals surface area contributed by atoms with Crippen LogP contribution in [0.1, 0.15) is 41.4 Å². The van der Waals surface area contributed by atoms with Crippen molar-refractivity contribution in [2.24, 2.45) is 5.92 Å². The van der Waals surface area contributed by atoms with Crippen LogP contribution in [0.2, 0.25) is 0 Å². The molecule has 1 aromatic rings. The molecule has 1 N–H and O–H groups in total. The maximum Gasteiger partial charge on any atom is 0.264 e. The van der Waals surface area contributed by atoms with Crippen LogP contribution in [-0.4, -0.2) is 35.6 Å². The Kier molecular flexibility index (Phi) is 4.78. The minimum atomic E-state index is 0.185. The van der Waals surface area contributed by atoms with Gasteiger partial charge in [-0.3, -0.25) is 4.79 Å². The molecule has 1 aromatic heterocycles. The van der Waals surface area contributed by atoms with Crippen molar-refractivity contribution in [3.8, 4) is 0 Å². The summed E-state index contributed by atoms with van der Waals surface area (Å²) in [4.78, 5) is 15.3. The van der Waals surface area contributed by atoms with E-state index in [0.29, 0.717) is 5.92 Å². The Morgan fingerprint density at radius 2 is 2.44 bits per heavy atom. The summed E-state index contributed by atoms with van der Waals surface area (Å²) >= 11 is 1.55. The van der Waals surface area contributed by atoms with Crippen LogP contribution in [0.5, 0.6) is 0 Å². The van der Waals surface area contributed by atoms with Gasteiger partial charge in [-0.05, 0) is 48.6 Å². The van der Waals surface area contributed by atoms with Gasteiger partial charge in [0.2, 0.25) is 0 Å². The molecule has 4 heteroatoms. The van der Waals surface area contributed by atoms with Gasteiger partial charge in [0, 0.05) is 19.7 Å². The monoisotopic (exact) mass is 267 g/mol. The van der Waals surface area contributed by atoms with Crippen molar-refractivity contribution in [2.45, 2.75) is 32.6 Å². The van der Waals surface area contributed by atoms with Crippen molar-refractivity contribution in [3.63, 3.8) is 0 Å². The van der Waals surface area contributed by atoms with Gasteiger partial charge in [0.25, 0.3) is 5.91 Å². The van der Waals surface area contributed by atoms with Crippen molar-refractivity contribution in [1.29, 1.82) is 0 Å². The Morgan fingerprint density at radius 1 is 1.61 bits per heavy atom. The molecule has 1 aliphatic heterocycles. The van der Waals surface area contributed by atoms with Crippen LogP contribution in [0.15, 0.2) is 11.4 Å². The fourth-order valence-corrected chi connectivity index (χ4v) is 3.58. The molecule has 1 amide bonds. The molecule has 1 saturated heterocycles. The molecule has 0 saturated carbocycles. The van der Waals surface area contributed by atoms with Gasteiger partial charge in [-0.15, -0.1) is 11.3 Å². The molecule has 100 valence electrons. The highest BCUT2D eigenvalue weighted by molar-refractivity contribution is 7.12. The summed E-state index contributed by atoms with van der Waals surface area (Å²) in [5, 5.41) is 11.0. The van der Waals surface area contributed by atoms with Gasteiger partial charge in [-0.25, -0.2) is 0 Å². The lowest BCUT2D eigenvalue weighted by Crippen LogP contribution is -2.40. The molecule has 1 unspecified atom stereocenters. The molecule has 18 heavy (non-hydrogen) atoms. The number of piperidine rings is 1. The summed E-state index contributed by atoms with van der Waals surface area (Å²) in [5.41, 5.74) is 1.16. The summed E-state index contributed by atoms with van der Waals surface area (Å²) < 4.78 is 0. The van der Waals surface area contributed by atoms with Crippen molar-refractivity contribution in [2.75, 3.05) is 19.7 Å². The largest absolute Gasteiger partial charge is 0.396 e. The third-order valence-corrected chi connectivity index (χ3v) is 4.61. The van der Waals surface area contributed by atoms with E-state index in [1.807, 2.05) is 16.3 Å². The first-order valence-electron chi connectivity index (χ1n) is 6.72. The number of aryl methyl sites for hydroxylation is 1. The number of nitrogens with zero attached hydrogens (tertiary/aromatic N) is 1. The van der Waals surface area contributed by atoms with Gasteiger partial charge < -0.3 is 10.0 Å². The number of aliphatic hydroxyl groups is 1. The lowest BCUT2D eigenvalue weighted by Gasteiger charge is -2.32. The number of likely N-dealkylation sites (tertiary alicyclic amines) is 1. The SMILES string of the molecule is CCc1ccsc1C(=O)N1CCCC(CCO)C1. The number of hydrogen-bond donors (Lipinski definition) is 1. The standard InChI is InChI=1S/C14H21NO2S/c1-2-12-6-9-18-13(12)14(17)15-7-3-4-11(10-15)5-8-16/h6,9,11,16H,2-5,7-8,10H2,1H3. The highest BCUT2D eigenvalue weighted by atomic mass is 32.1. The summed E-state index contributed by atoms with van der Waals surface area (Å²) in [6.45, 7) is 3.98. The average Bonchev–Trinajstić information content (AvgIpc) is 2.87. The molecule has 2 heterocycles. The first kappa shape index (κ1) is 13.6. The maximum atomic E-state index is 12.5. The molecule has 0 spiro atoms. The van der Waals surface area contributed by atoms with Crippen LogP contribution in [0, 0.1) is 5.92 Å². The summed E-state index contributed by atoms with van der Waals surface area (Å²) in [5.74, 6) is 0.655. The number of carbonyl (C=O) groups excluding carboxylic acids is 1. The maximum absolute atomic E-state index is 12.5. The Morgan fingerprint density at radius 3 is 3.17 bits per heavy atom. The Labute approximate surface area is 112 Å². The molecule has 0 aliphatic carbocycles. The van der Waals surface area contributed by atoms with Crippen LogP contribution in [0.4, 0.5) is 0 Å². The van der Waals surface area contributed by atoms with Gasteiger partial charge in [0.1, 0.15) is 0 Å². The smallest absolute Gasteiger partial charge is 0.264 e. The number of aliphatic hydroxyl groups excluding tert-OH is 1. The minimum Gasteiger partial charge on any atom is -0.396 e. The van der Waals surface area contributed by atoms with Gasteiger partial charge in [0.05, 0.1) is 4.88 Å². The van der Waals surface area contributed by atoms with Crippen molar-refractivity contribution in [1.82, 2.24) is 4.90 Å². The number of hydrogen-bond acceptors (Lipinski definition) is 3. The van der Waals surface area contributed by atoms with E-state index >= 15 is 0 Å². The molecule has 1 aliphatic rings. The van der Waals surface area contributed by atoms with Crippen molar-refractivity contribution in [3.05, 3.63) is 21.9 Å². The molecule has 1 fully saturated rings. The molecular formula is C14H21NO2S. The molecule has 0 bridgehead atoms. The minimum absolute atomic E-state index is 0.185. The van der Waals surface area contributed by atoms with Crippen LogP contribution in [0.3, 0.4) is 0 Å². The summed E-state index contributed by atoms with van der Waals surface area (Å²) in [6, 6.07) is 2.05. The zero-order valence-electron chi connectivity index (χ0n) is 10.9. The second-order valence-corrected chi connectivity index (χ2v) is 5.82. The highest BCUT2D eigenvalue weighted by Gasteiger charge is 2.25. The van der Waals surface area contributed by atoms with E-state index in [2.05, 4.69) is 6.92 Å². The first-order chi connectivity index (χ1) is 8.76. The molecule has 0 aromatic carbocycles. The van der Waals surface area contributed by atoms with E-state index in [9.17, 15) is 4.79 Å². The lowest BCUT2D eigenvalue weighted by molar-refractivity contribution is 0.0657. The van der Waals surface area contributed by atoms with Gasteiger partial charge in [0.15, 0.2) is 0 Å². The van der Waals surface area contributed by atoms with Gasteiger partial charge >= 0.3 is 0 Å². The molecule has 3 nitrogen and oxygen atoms in total. The molecule has 1 atom stereocenters. The van der Waals surface area contributed by atoms with Gasteiger partial charge in [-0.1, -0.05) is 6.92 Å². The fourth-order valence-electron chi connectivity index (χ4n) is 2.61. The number of amides is 1. The Balaban J connectivity index is 2.04. The third-order valence-electron chi connectivity index (χ3n) is 3.67. The second-order valence-electron chi connectivity index (χ2n) is 4.90. The number of thiophene rings is 1. The van der Waals surface area contributed by atoms with E-state index < -0.39 is 0 Å². The highest BCUT2D eigenvalue weighted by Crippen LogP contribution is 2.24. The van der Waals surface area contributed by atoms with Crippen LogP contribution in [-0.2, 0) is 6.42 Å². The molecule has 0 radical (unpaired) electrons. The summed E-state index contributed by atoms with van der Waals surface area (Å²) in [6.07, 6.45) is 3.92. The first-order valence-corrected chi connectivity index (χ1v) is 7.60. The average molecular weight is 267 g/mol. The fraction of sp³-hybridized carbons (Fsp3) is 0.643. The predicted molar refractivity (Wildman–Crippen MR) is 74.0 cm³/mol. The van der Waals surface area contributed by atoms with Crippen molar-refractivity contribution >= 4 is 17.2 Å². The number of carbonyl (C=O) groups is 1. The van der Waals surface area contributed by atoms with E-state index in [1.54, 1.807) is 11.3 Å². The predicted octanol–water partition coefficient (Wildman–Crippen LogP) is 2.55. The lowest BCUT2D eigenvalue weighted by atomic mass is 9.95. The van der Waals surface area contributed by atoms with Gasteiger partial charge in [-0.2, -0.15) is 0 Å². The quantitative estimate of drug-likeness (QED) is 0.910. The van der Waals surface area contributed by atoms with E-state index in [-0.39, 0.29) is 12.5 Å². The van der Waals surface area contributed by atoms with Crippen LogP contribution < -0.4 is 0 Å². The van der Waals surface area contributed by atoms with E-state index in [0.717, 1.165) is 49.2 Å². The topological polar surface area (TPSA) is 40.5 Å². The molecular weight excluding hydrogens is 246 g/mol. The normalized spacial score (nSPS) is 20.1. The van der Waals surface area contributed by atoms with Crippen LogP contribution in [0.25, 0.3) is 0 Å². The van der Waals surface area contributed by atoms with Crippen molar-refractivity contribution < 1.29 is 9.90 Å². The van der Waals surface area contributed by atoms with E-state index in [1.165, 1.54) is 0 Å². The molecule has 2 rings (SSSR count). The Hall–Kier alpha value is -0.870. The Bertz CT molecular complexity index is 400. The zero-order chi connectivity index (χ0) is 13.0. The second kappa shape index (κ2) is 6.34. The van der Waals surface area contributed by atoms with Crippen LogP contribution >= 0.6 is 11.3 Å². The van der Waals surface area contributed by atoms with E-state index in [4.69, 9.17) is 5.11 Å². The number of rotatable bonds is 4.